The van der Waals surface area contributed by atoms with Gasteiger partial charge in [0, 0.05) is 50.7 Å². The molecule has 2 aromatic rings. The Morgan fingerprint density at radius 2 is 1.94 bits per heavy atom. The van der Waals surface area contributed by atoms with Crippen molar-refractivity contribution < 1.29 is 9.47 Å². The molecule has 9 heteroatoms. The molecule has 2 saturated heterocycles. The van der Waals surface area contributed by atoms with Gasteiger partial charge in [-0.05, 0) is 24.6 Å². The zero-order chi connectivity index (χ0) is 20.8. The number of halogens is 1. The minimum atomic E-state index is 0. The number of hydrogen-bond acceptors (Lipinski definition) is 5. The van der Waals surface area contributed by atoms with Gasteiger partial charge in [0.25, 0.3) is 0 Å². The second-order valence-corrected chi connectivity index (χ2v) is 7.69. The summed E-state index contributed by atoms with van der Waals surface area (Å²) in [5, 5.41) is 7.72. The van der Waals surface area contributed by atoms with Crippen molar-refractivity contribution in [3.8, 4) is 0 Å². The molecule has 1 N–H and O–H groups in total. The number of hydrogen-bond donors (Lipinski definition) is 1. The minimum Gasteiger partial charge on any atom is -0.378 e. The van der Waals surface area contributed by atoms with Gasteiger partial charge in [-0.1, -0.05) is 12.1 Å². The highest BCUT2D eigenvalue weighted by molar-refractivity contribution is 14.0. The highest BCUT2D eigenvalue weighted by Crippen LogP contribution is 2.22. The van der Waals surface area contributed by atoms with Crippen LogP contribution in [-0.4, -0.2) is 73.2 Å². The molecule has 0 spiro atoms. The topological polar surface area (TPSA) is 67.2 Å². The van der Waals surface area contributed by atoms with E-state index < -0.39 is 0 Å². The first-order chi connectivity index (χ1) is 14.7. The van der Waals surface area contributed by atoms with Crippen LogP contribution in [0.25, 0.3) is 0 Å². The molecule has 2 aliphatic heterocycles. The van der Waals surface area contributed by atoms with Gasteiger partial charge in [0.05, 0.1) is 39.1 Å². The normalized spacial score (nSPS) is 19.8. The van der Waals surface area contributed by atoms with E-state index in [0.717, 1.165) is 57.5 Å². The van der Waals surface area contributed by atoms with Crippen LogP contribution < -0.4 is 10.2 Å². The van der Waals surface area contributed by atoms with Crippen LogP contribution in [0, 0.1) is 0 Å². The Morgan fingerprint density at radius 1 is 1.16 bits per heavy atom. The summed E-state index contributed by atoms with van der Waals surface area (Å²) in [4.78, 5) is 9.56. The Kier molecular flexibility index (Phi) is 8.97. The summed E-state index contributed by atoms with van der Waals surface area (Å²) in [6.07, 6.45) is 3.92. The van der Waals surface area contributed by atoms with E-state index >= 15 is 0 Å². The molecule has 0 saturated carbocycles. The van der Waals surface area contributed by atoms with Crippen molar-refractivity contribution in [2.75, 3.05) is 57.4 Å². The standard InChI is InChI=1S/C22H32N6O2.HI/c1-3-23-22(28-10-13-30-21(17-28)19-15-25-26(2)16-19)24-14-18-4-6-20(7-5-18)27-8-11-29-12-9-27;/h4-7,15-16,21H,3,8-14,17H2,1-2H3,(H,23,24);1H. The zero-order valence-corrected chi connectivity index (χ0v) is 20.7. The lowest BCUT2D eigenvalue weighted by Gasteiger charge is -2.34. The largest absolute Gasteiger partial charge is 0.378 e. The van der Waals surface area contributed by atoms with Crippen molar-refractivity contribution in [3.63, 3.8) is 0 Å². The maximum atomic E-state index is 5.98. The predicted octanol–water partition coefficient (Wildman–Crippen LogP) is 2.41. The number of nitrogens with one attached hydrogen (secondary N) is 1. The van der Waals surface area contributed by atoms with Crippen LogP contribution in [0.3, 0.4) is 0 Å². The number of guanidine groups is 1. The van der Waals surface area contributed by atoms with E-state index in [4.69, 9.17) is 14.5 Å². The number of aliphatic imine (C=N–C) groups is 1. The number of ether oxygens (including phenoxy) is 2. The minimum absolute atomic E-state index is 0. The van der Waals surface area contributed by atoms with Gasteiger partial charge in [0.1, 0.15) is 6.10 Å². The van der Waals surface area contributed by atoms with Crippen LogP contribution in [0.15, 0.2) is 41.7 Å². The first kappa shape index (κ1) is 23.8. The molecule has 1 aromatic carbocycles. The molecule has 1 aromatic heterocycles. The predicted molar refractivity (Wildman–Crippen MR) is 133 cm³/mol. The molecule has 2 fully saturated rings. The Hall–Kier alpha value is -1.85. The summed E-state index contributed by atoms with van der Waals surface area (Å²) in [6, 6.07) is 8.73. The molecule has 0 bridgehead atoms. The average Bonchev–Trinajstić information content (AvgIpc) is 3.24. The lowest BCUT2D eigenvalue weighted by Crippen LogP contribution is -2.48. The lowest BCUT2D eigenvalue weighted by molar-refractivity contribution is -0.00805. The van der Waals surface area contributed by atoms with Gasteiger partial charge in [-0.2, -0.15) is 5.10 Å². The molecule has 0 aliphatic carbocycles. The number of aromatic nitrogens is 2. The number of benzene rings is 1. The highest BCUT2D eigenvalue weighted by atomic mass is 127. The molecule has 1 atom stereocenters. The van der Waals surface area contributed by atoms with Gasteiger partial charge >= 0.3 is 0 Å². The number of rotatable bonds is 5. The van der Waals surface area contributed by atoms with Crippen molar-refractivity contribution in [3.05, 3.63) is 47.8 Å². The van der Waals surface area contributed by atoms with E-state index in [9.17, 15) is 0 Å². The number of nitrogens with zero attached hydrogens (tertiary/aromatic N) is 5. The molecular weight excluding hydrogens is 507 g/mol. The van der Waals surface area contributed by atoms with E-state index in [1.807, 2.05) is 24.1 Å². The first-order valence-electron chi connectivity index (χ1n) is 10.8. The summed E-state index contributed by atoms with van der Waals surface area (Å²) in [5.41, 5.74) is 3.57. The molecule has 1 unspecified atom stereocenters. The van der Waals surface area contributed by atoms with Crippen LogP contribution in [0.2, 0.25) is 0 Å². The maximum Gasteiger partial charge on any atom is 0.194 e. The Labute approximate surface area is 201 Å². The zero-order valence-electron chi connectivity index (χ0n) is 18.4. The third kappa shape index (κ3) is 6.33. The number of anilines is 1. The van der Waals surface area contributed by atoms with Crippen LogP contribution in [0.5, 0.6) is 0 Å². The van der Waals surface area contributed by atoms with Crippen molar-refractivity contribution in [2.24, 2.45) is 12.0 Å². The third-order valence-corrected chi connectivity index (χ3v) is 5.52. The monoisotopic (exact) mass is 540 g/mol. The van der Waals surface area contributed by atoms with Crippen LogP contribution >= 0.6 is 24.0 Å². The summed E-state index contributed by atoms with van der Waals surface area (Å²) in [7, 11) is 1.93. The molecule has 31 heavy (non-hydrogen) atoms. The Morgan fingerprint density at radius 3 is 2.61 bits per heavy atom. The number of aryl methyl sites for hydroxylation is 1. The Bertz CT molecular complexity index is 835. The second kappa shape index (κ2) is 11.7. The SMILES string of the molecule is CCNC(=NCc1ccc(N2CCOCC2)cc1)N1CCOC(c2cnn(C)c2)C1.I. The van der Waals surface area contributed by atoms with Gasteiger partial charge in [-0.15, -0.1) is 24.0 Å². The fraction of sp³-hybridized carbons (Fsp3) is 0.545. The van der Waals surface area contributed by atoms with Crippen molar-refractivity contribution in [1.82, 2.24) is 20.0 Å². The molecule has 170 valence electrons. The molecular formula is C22H33IN6O2. The van der Waals surface area contributed by atoms with Crippen molar-refractivity contribution in [1.29, 1.82) is 0 Å². The highest BCUT2D eigenvalue weighted by Gasteiger charge is 2.25. The van der Waals surface area contributed by atoms with E-state index in [1.165, 1.54) is 11.3 Å². The smallest absolute Gasteiger partial charge is 0.194 e. The van der Waals surface area contributed by atoms with Gasteiger partial charge in [0.2, 0.25) is 0 Å². The fourth-order valence-corrected chi connectivity index (χ4v) is 3.88. The van der Waals surface area contributed by atoms with Crippen molar-refractivity contribution >= 4 is 35.6 Å². The molecule has 0 amide bonds. The molecule has 3 heterocycles. The van der Waals surface area contributed by atoms with E-state index in [2.05, 4.69) is 51.4 Å². The molecule has 0 radical (unpaired) electrons. The average molecular weight is 540 g/mol. The van der Waals surface area contributed by atoms with Gasteiger partial charge in [-0.3, -0.25) is 4.68 Å². The molecule has 8 nitrogen and oxygen atoms in total. The van der Waals surface area contributed by atoms with Crippen molar-refractivity contribution in [2.45, 2.75) is 19.6 Å². The Balaban J connectivity index is 0.00000272. The quantitative estimate of drug-likeness (QED) is 0.357. The maximum absolute atomic E-state index is 5.98. The third-order valence-electron chi connectivity index (χ3n) is 5.52. The van der Waals surface area contributed by atoms with Crippen LogP contribution in [0.4, 0.5) is 5.69 Å². The lowest BCUT2D eigenvalue weighted by atomic mass is 10.1. The summed E-state index contributed by atoms with van der Waals surface area (Å²) in [6.45, 7) is 9.39. The van der Waals surface area contributed by atoms with E-state index in [-0.39, 0.29) is 30.1 Å². The van der Waals surface area contributed by atoms with Gasteiger partial charge in [0.15, 0.2) is 5.96 Å². The number of morpholine rings is 2. The summed E-state index contributed by atoms with van der Waals surface area (Å²) < 4.78 is 13.2. The fourth-order valence-electron chi connectivity index (χ4n) is 3.88. The van der Waals surface area contributed by atoms with E-state index in [1.54, 1.807) is 0 Å². The summed E-state index contributed by atoms with van der Waals surface area (Å²) >= 11 is 0. The van der Waals surface area contributed by atoms with E-state index in [0.29, 0.717) is 13.2 Å². The van der Waals surface area contributed by atoms with Gasteiger partial charge < -0.3 is 24.6 Å². The second-order valence-electron chi connectivity index (χ2n) is 7.69. The van der Waals surface area contributed by atoms with Crippen LogP contribution in [0.1, 0.15) is 24.2 Å². The summed E-state index contributed by atoms with van der Waals surface area (Å²) in [5.74, 6) is 0.937. The first-order valence-corrected chi connectivity index (χ1v) is 10.8. The molecule has 2 aliphatic rings. The molecule has 4 rings (SSSR count). The van der Waals surface area contributed by atoms with Crippen LogP contribution in [-0.2, 0) is 23.1 Å². The van der Waals surface area contributed by atoms with Gasteiger partial charge in [-0.25, -0.2) is 4.99 Å².